The molecule has 6 heteroatoms. The zero-order valence-corrected chi connectivity index (χ0v) is 23.8. The molecule has 0 bridgehead atoms. The third kappa shape index (κ3) is 5.54. The minimum Gasteiger partial charge on any atom is -0.444 e. The summed E-state index contributed by atoms with van der Waals surface area (Å²) < 4.78 is 7.57. The second kappa shape index (κ2) is 11.3. The van der Waals surface area contributed by atoms with Gasteiger partial charge in [0.1, 0.15) is 11.1 Å². The lowest BCUT2D eigenvalue weighted by Crippen LogP contribution is -2.38. The Hall–Kier alpha value is -4.97. The normalized spacial score (nSPS) is 11.6. The highest BCUT2D eigenvalue weighted by molar-refractivity contribution is 5.85. The second-order valence-electron chi connectivity index (χ2n) is 10.9. The summed E-state index contributed by atoms with van der Waals surface area (Å²) in [6.07, 6.45) is 2.97. The lowest BCUT2D eigenvalue weighted by atomic mass is 9.76. The molecule has 0 atom stereocenters. The van der Waals surface area contributed by atoms with E-state index in [0.717, 1.165) is 33.7 Å². The maximum Gasteiger partial charge on any atom is 0.412 e. The molecule has 2 aromatic heterocycles. The van der Waals surface area contributed by atoms with E-state index in [9.17, 15) is 4.79 Å². The maximum atomic E-state index is 12.2. The van der Waals surface area contributed by atoms with Gasteiger partial charge in [0, 0.05) is 5.57 Å². The molecule has 0 aliphatic heterocycles. The van der Waals surface area contributed by atoms with Crippen molar-refractivity contribution in [3.05, 3.63) is 156 Å². The van der Waals surface area contributed by atoms with Crippen LogP contribution in [-0.2, 0) is 10.3 Å². The molecular formula is C35H34N4O2. The van der Waals surface area contributed by atoms with Crippen molar-refractivity contribution in [2.75, 3.05) is 5.32 Å². The number of ether oxygens (including phenoxy) is 1. The number of pyridine rings is 1. The lowest BCUT2D eigenvalue weighted by molar-refractivity contribution is 0.0636. The molecule has 0 saturated heterocycles. The molecule has 0 aliphatic rings. The number of aromatic nitrogens is 3. The van der Waals surface area contributed by atoms with Crippen LogP contribution in [0.25, 0.3) is 5.57 Å². The highest BCUT2D eigenvalue weighted by Gasteiger charge is 2.40. The zero-order chi connectivity index (χ0) is 29.0. The summed E-state index contributed by atoms with van der Waals surface area (Å²) >= 11 is 0. The van der Waals surface area contributed by atoms with Gasteiger partial charge in [-0.05, 0) is 56.5 Å². The molecule has 0 unspecified atom stereocenters. The van der Waals surface area contributed by atoms with Gasteiger partial charge < -0.3 is 9.30 Å². The first-order chi connectivity index (χ1) is 19.7. The molecule has 0 radical (unpaired) electrons. The van der Waals surface area contributed by atoms with Gasteiger partial charge in [0.2, 0.25) is 0 Å². The first kappa shape index (κ1) is 27.6. The van der Waals surface area contributed by atoms with E-state index in [1.165, 1.54) is 0 Å². The van der Waals surface area contributed by atoms with Gasteiger partial charge in [-0.3, -0.25) is 10.3 Å². The van der Waals surface area contributed by atoms with E-state index in [-0.39, 0.29) is 0 Å². The number of imidazole rings is 1. The molecule has 0 spiro atoms. The minimum absolute atomic E-state index is 0.529. The van der Waals surface area contributed by atoms with Crippen LogP contribution in [0.1, 0.15) is 54.5 Å². The summed E-state index contributed by atoms with van der Waals surface area (Å²) in [5.74, 6) is 0. The topological polar surface area (TPSA) is 69.0 Å². The number of anilines is 1. The smallest absolute Gasteiger partial charge is 0.412 e. The number of carbonyl (C=O) groups excluding carboxylic acids is 1. The molecular weight excluding hydrogens is 508 g/mol. The fourth-order valence-electron chi connectivity index (χ4n) is 5.20. The van der Waals surface area contributed by atoms with Crippen LogP contribution >= 0.6 is 0 Å². The first-order valence-electron chi connectivity index (χ1n) is 13.6. The van der Waals surface area contributed by atoms with E-state index < -0.39 is 17.2 Å². The number of hydrogen-bond donors (Lipinski definition) is 1. The number of nitrogens with one attached hydrogen (secondary N) is 1. The SMILES string of the molecule is C=C(c1ccc(NC(=O)OC(C)(C)C)cn1)c1c(C)ncn1C(c1ccccc1)(c1ccccc1)c1ccccc1. The quantitative estimate of drug-likeness (QED) is 0.213. The second-order valence-corrected chi connectivity index (χ2v) is 10.9. The number of benzene rings is 3. The minimum atomic E-state index is -0.735. The fraction of sp³-hybridized carbons (Fsp3) is 0.171. The first-order valence-corrected chi connectivity index (χ1v) is 13.6. The van der Waals surface area contributed by atoms with Gasteiger partial charge in [0.15, 0.2) is 0 Å². The Morgan fingerprint density at radius 3 is 1.73 bits per heavy atom. The molecule has 0 aliphatic carbocycles. The molecule has 3 aromatic carbocycles. The van der Waals surface area contributed by atoms with Crippen molar-refractivity contribution >= 4 is 17.4 Å². The third-order valence-corrected chi connectivity index (χ3v) is 6.89. The van der Waals surface area contributed by atoms with Crippen molar-refractivity contribution in [3.8, 4) is 0 Å². The summed E-state index contributed by atoms with van der Waals surface area (Å²) in [5, 5.41) is 2.74. The van der Waals surface area contributed by atoms with Crippen LogP contribution in [0.5, 0.6) is 0 Å². The van der Waals surface area contributed by atoms with Crippen molar-refractivity contribution in [1.29, 1.82) is 0 Å². The zero-order valence-electron chi connectivity index (χ0n) is 23.8. The fourth-order valence-corrected chi connectivity index (χ4v) is 5.20. The molecule has 0 saturated carbocycles. The van der Waals surface area contributed by atoms with E-state index in [1.54, 1.807) is 12.3 Å². The summed E-state index contributed by atoms with van der Waals surface area (Å²) in [4.78, 5) is 21.7. The van der Waals surface area contributed by atoms with Gasteiger partial charge >= 0.3 is 6.09 Å². The van der Waals surface area contributed by atoms with E-state index in [4.69, 9.17) is 9.72 Å². The highest BCUT2D eigenvalue weighted by Crippen LogP contribution is 2.43. The van der Waals surface area contributed by atoms with Crippen LogP contribution in [0, 0.1) is 6.92 Å². The van der Waals surface area contributed by atoms with Crippen LogP contribution in [0.3, 0.4) is 0 Å². The number of hydrogen-bond acceptors (Lipinski definition) is 4. The van der Waals surface area contributed by atoms with Crippen molar-refractivity contribution in [2.45, 2.75) is 38.8 Å². The van der Waals surface area contributed by atoms with Crippen molar-refractivity contribution in [2.24, 2.45) is 0 Å². The van der Waals surface area contributed by atoms with E-state index >= 15 is 0 Å². The molecule has 5 aromatic rings. The Bertz CT molecular complexity index is 1540. The number of carbonyl (C=O) groups is 1. The Morgan fingerprint density at radius 1 is 0.780 bits per heavy atom. The predicted molar refractivity (Wildman–Crippen MR) is 164 cm³/mol. The molecule has 41 heavy (non-hydrogen) atoms. The molecule has 2 heterocycles. The number of nitrogens with zero attached hydrogens (tertiary/aromatic N) is 3. The van der Waals surface area contributed by atoms with Gasteiger partial charge in [-0.1, -0.05) is 97.6 Å². The van der Waals surface area contributed by atoms with Crippen LogP contribution in [-0.4, -0.2) is 26.2 Å². The molecule has 1 amide bonds. The Balaban J connectivity index is 1.64. The molecule has 1 N–H and O–H groups in total. The van der Waals surface area contributed by atoms with Crippen LogP contribution in [0.4, 0.5) is 10.5 Å². The number of aryl methyl sites for hydroxylation is 1. The average molecular weight is 543 g/mol. The maximum absolute atomic E-state index is 12.2. The third-order valence-electron chi connectivity index (χ3n) is 6.89. The van der Waals surface area contributed by atoms with Crippen molar-refractivity contribution in [1.82, 2.24) is 14.5 Å². The number of rotatable bonds is 7. The van der Waals surface area contributed by atoms with Gasteiger partial charge in [0.05, 0.1) is 35.3 Å². The van der Waals surface area contributed by atoms with Crippen LogP contribution < -0.4 is 5.32 Å². The monoisotopic (exact) mass is 542 g/mol. The lowest BCUT2D eigenvalue weighted by Gasteiger charge is -2.39. The predicted octanol–water partition coefficient (Wildman–Crippen LogP) is 7.84. The van der Waals surface area contributed by atoms with E-state index in [0.29, 0.717) is 11.4 Å². The van der Waals surface area contributed by atoms with E-state index in [1.807, 2.05) is 58.3 Å². The van der Waals surface area contributed by atoms with E-state index in [2.05, 4.69) is 94.2 Å². The summed E-state index contributed by atoms with van der Waals surface area (Å²) in [6.45, 7) is 11.9. The summed E-state index contributed by atoms with van der Waals surface area (Å²) in [5.41, 5.74) is 5.57. The summed E-state index contributed by atoms with van der Waals surface area (Å²) in [7, 11) is 0. The molecule has 6 nitrogen and oxygen atoms in total. The molecule has 0 fully saturated rings. The Morgan fingerprint density at radius 2 is 1.29 bits per heavy atom. The largest absolute Gasteiger partial charge is 0.444 e. The highest BCUT2D eigenvalue weighted by atomic mass is 16.6. The summed E-state index contributed by atoms with van der Waals surface area (Å²) in [6, 6.07) is 35.0. The van der Waals surface area contributed by atoms with Gasteiger partial charge in [0.25, 0.3) is 0 Å². The van der Waals surface area contributed by atoms with Crippen molar-refractivity contribution < 1.29 is 9.53 Å². The van der Waals surface area contributed by atoms with Crippen LogP contribution in [0.2, 0.25) is 0 Å². The standard InChI is InChI=1S/C35H34N4O2/c1-25(31-22-21-30(23-36-31)38-33(40)41-34(3,4)5)32-26(2)37-24-39(32)35(27-15-9-6-10-16-27,28-17-11-7-12-18-28)29-19-13-8-14-20-29/h6-24H,1H2,2-5H3,(H,38,40). The Kier molecular flexibility index (Phi) is 7.58. The average Bonchev–Trinajstić information content (AvgIpc) is 3.35. The Labute approximate surface area is 241 Å². The van der Waals surface area contributed by atoms with Gasteiger partial charge in [-0.15, -0.1) is 0 Å². The molecule has 5 rings (SSSR count). The molecule has 206 valence electrons. The van der Waals surface area contributed by atoms with Crippen LogP contribution in [0.15, 0.2) is 122 Å². The van der Waals surface area contributed by atoms with Gasteiger partial charge in [-0.25, -0.2) is 9.78 Å². The van der Waals surface area contributed by atoms with Gasteiger partial charge in [-0.2, -0.15) is 0 Å². The number of amides is 1. The van der Waals surface area contributed by atoms with Crippen molar-refractivity contribution in [3.63, 3.8) is 0 Å².